The number of halogens is 1. The fraction of sp³-hybridized carbons (Fsp3) is 0.562. The third kappa shape index (κ3) is 3.58. The minimum Gasteiger partial charge on any atom is -0.495 e. The average Bonchev–Trinajstić information content (AvgIpc) is 2.40. The highest BCUT2D eigenvalue weighted by molar-refractivity contribution is 9.10. The Morgan fingerprint density at radius 1 is 1.52 bits per heavy atom. The number of aryl methyl sites for hydroxylation is 1. The molecule has 1 aliphatic rings. The van der Waals surface area contributed by atoms with Crippen molar-refractivity contribution in [3.8, 4) is 5.75 Å². The quantitative estimate of drug-likeness (QED) is 0.871. The lowest BCUT2D eigenvalue weighted by atomic mass is 9.76. The number of hydrogen-bond donors (Lipinski definition) is 2. The van der Waals surface area contributed by atoms with Gasteiger partial charge in [0.1, 0.15) is 5.75 Å². The number of anilines is 1. The first-order valence-electron chi connectivity index (χ1n) is 7.30. The highest BCUT2D eigenvalue weighted by Crippen LogP contribution is 2.35. The van der Waals surface area contributed by atoms with Crippen LogP contribution in [0.5, 0.6) is 5.75 Å². The molecule has 0 aromatic heterocycles. The maximum absolute atomic E-state index is 12.6. The zero-order valence-corrected chi connectivity index (χ0v) is 14.4. The van der Waals surface area contributed by atoms with Gasteiger partial charge in [-0.2, -0.15) is 0 Å². The van der Waals surface area contributed by atoms with Crippen LogP contribution in [0.25, 0.3) is 0 Å². The zero-order valence-electron chi connectivity index (χ0n) is 12.8. The number of carbonyl (C=O) groups excluding carboxylic acids is 1. The monoisotopic (exact) mass is 354 g/mol. The van der Waals surface area contributed by atoms with Crippen LogP contribution >= 0.6 is 15.9 Å². The zero-order chi connectivity index (χ0) is 15.6. The minimum absolute atomic E-state index is 0.113. The summed E-state index contributed by atoms with van der Waals surface area (Å²) >= 11 is 3.43. The summed E-state index contributed by atoms with van der Waals surface area (Å²) in [5.74, 6) is 1.02. The van der Waals surface area contributed by atoms with Gasteiger partial charge in [0, 0.05) is 4.47 Å². The number of nitrogens with two attached hydrogens (primary N) is 1. The van der Waals surface area contributed by atoms with E-state index < -0.39 is 5.54 Å². The molecule has 4 nitrogen and oxygen atoms in total. The molecule has 1 aliphatic carbocycles. The van der Waals surface area contributed by atoms with Crippen molar-refractivity contribution in [2.75, 3.05) is 12.4 Å². The van der Waals surface area contributed by atoms with E-state index in [1.165, 1.54) is 0 Å². The number of ether oxygens (including phenoxy) is 1. The van der Waals surface area contributed by atoms with Gasteiger partial charge in [0.05, 0.1) is 18.3 Å². The molecule has 5 heteroatoms. The third-order valence-corrected chi connectivity index (χ3v) is 4.67. The Morgan fingerprint density at radius 3 is 2.86 bits per heavy atom. The van der Waals surface area contributed by atoms with Crippen LogP contribution in [-0.4, -0.2) is 18.6 Å². The van der Waals surface area contributed by atoms with Crippen molar-refractivity contribution < 1.29 is 9.53 Å². The van der Waals surface area contributed by atoms with E-state index in [-0.39, 0.29) is 5.91 Å². The average molecular weight is 355 g/mol. The van der Waals surface area contributed by atoms with Crippen LogP contribution < -0.4 is 15.8 Å². The molecule has 1 fully saturated rings. The lowest BCUT2D eigenvalue weighted by molar-refractivity contribution is -0.122. The summed E-state index contributed by atoms with van der Waals surface area (Å²) in [5, 5.41) is 2.98. The first-order chi connectivity index (χ1) is 9.85. The van der Waals surface area contributed by atoms with E-state index in [4.69, 9.17) is 10.5 Å². The van der Waals surface area contributed by atoms with E-state index in [2.05, 4.69) is 28.2 Å². The number of methoxy groups -OCH3 is 1. The van der Waals surface area contributed by atoms with Crippen molar-refractivity contribution in [2.45, 2.75) is 45.1 Å². The number of benzene rings is 1. The fourth-order valence-electron chi connectivity index (χ4n) is 3.07. The van der Waals surface area contributed by atoms with Crippen LogP contribution in [0.2, 0.25) is 0 Å². The Labute approximate surface area is 134 Å². The molecule has 116 valence electrons. The molecule has 1 amide bonds. The maximum atomic E-state index is 12.6. The van der Waals surface area contributed by atoms with Crippen LogP contribution in [0.15, 0.2) is 16.6 Å². The first kappa shape index (κ1) is 16.3. The molecule has 0 radical (unpaired) electrons. The lowest BCUT2D eigenvalue weighted by Crippen LogP contribution is -2.53. The van der Waals surface area contributed by atoms with Crippen molar-refractivity contribution >= 4 is 27.5 Å². The predicted molar refractivity (Wildman–Crippen MR) is 88.6 cm³/mol. The van der Waals surface area contributed by atoms with Gasteiger partial charge in [-0.3, -0.25) is 4.79 Å². The standard InChI is InChI=1S/C16H23BrN2O2/c1-10-5-4-6-16(18,9-10)15(20)19-14-11(2)7-12(17)8-13(14)21-3/h7-8,10H,4-6,9,18H2,1-3H3,(H,19,20). The fourth-order valence-corrected chi connectivity index (χ4v) is 3.62. The number of amides is 1. The van der Waals surface area contributed by atoms with Crippen molar-refractivity contribution in [1.82, 2.24) is 0 Å². The van der Waals surface area contributed by atoms with Crippen molar-refractivity contribution in [2.24, 2.45) is 11.7 Å². The number of carbonyl (C=O) groups is 1. The molecule has 0 saturated heterocycles. The van der Waals surface area contributed by atoms with Gasteiger partial charge in [0.25, 0.3) is 0 Å². The van der Waals surface area contributed by atoms with Gasteiger partial charge >= 0.3 is 0 Å². The predicted octanol–water partition coefficient (Wildman–Crippen LogP) is 3.61. The van der Waals surface area contributed by atoms with Gasteiger partial charge in [0.2, 0.25) is 5.91 Å². The topological polar surface area (TPSA) is 64.3 Å². The summed E-state index contributed by atoms with van der Waals surface area (Å²) in [5.41, 5.74) is 7.22. The third-order valence-electron chi connectivity index (χ3n) is 4.21. The van der Waals surface area contributed by atoms with Crippen molar-refractivity contribution in [3.05, 3.63) is 22.2 Å². The smallest absolute Gasteiger partial charge is 0.244 e. The highest BCUT2D eigenvalue weighted by atomic mass is 79.9. The lowest BCUT2D eigenvalue weighted by Gasteiger charge is -2.35. The molecule has 1 aromatic carbocycles. The molecule has 1 aromatic rings. The van der Waals surface area contributed by atoms with Crippen molar-refractivity contribution in [1.29, 1.82) is 0 Å². The second kappa shape index (κ2) is 6.36. The Balaban J connectivity index is 2.23. The number of rotatable bonds is 3. The first-order valence-corrected chi connectivity index (χ1v) is 8.09. The Morgan fingerprint density at radius 2 is 2.24 bits per heavy atom. The summed E-state index contributed by atoms with van der Waals surface area (Å²) in [6.45, 7) is 4.09. The normalized spacial score (nSPS) is 25.5. The minimum atomic E-state index is -0.776. The number of hydrogen-bond acceptors (Lipinski definition) is 3. The SMILES string of the molecule is COc1cc(Br)cc(C)c1NC(=O)C1(N)CCCC(C)C1. The molecule has 2 atom stereocenters. The Bertz CT molecular complexity index is 547. The van der Waals surface area contributed by atoms with Gasteiger partial charge in [-0.15, -0.1) is 0 Å². The van der Waals surface area contributed by atoms with Gasteiger partial charge < -0.3 is 15.8 Å². The van der Waals surface area contributed by atoms with Gasteiger partial charge in [0.15, 0.2) is 0 Å². The molecular weight excluding hydrogens is 332 g/mol. The summed E-state index contributed by atoms with van der Waals surface area (Å²) in [4.78, 5) is 12.6. The van der Waals surface area contributed by atoms with Crippen LogP contribution in [-0.2, 0) is 4.79 Å². The van der Waals surface area contributed by atoms with E-state index in [0.717, 1.165) is 35.7 Å². The van der Waals surface area contributed by atoms with Gasteiger partial charge in [-0.25, -0.2) is 0 Å². The molecule has 1 saturated carbocycles. The Kier molecular flexibility index (Phi) is 4.94. The highest BCUT2D eigenvalue weighted by Gasteiger charge is 2.38. The molecule has 0 aliphatic heterocycles. The number of nitrogens with one attached hydrogen (secondary N) is 1. The molecule has 2 unspecified atom stereocenters. The van der Waals surface area contributed by atoms with Gasteiger partial charge in [-0.1, -0.05) is 35.7 Å². The van der Waals surface area contributed by atoms with Crippen LogP contribution in [0, 0.1) is 12.8 Å². The molecule has 2 rings (SSSR count). The summed E-state index contributed by atoms with van der Waals surface area (Å²) < 4.78 is 6.28. The largest absolute Gasteiger partial charge is 0.495 e. The van der Waals surface area contributed by atoms with Crippen LogP contribution in [0.4, 0.5) is 5.69 Å². The molecule has 0 spiro atoms. The molecule has 3 N–H and O–H groups in total. The maximum Gasteiger partial charge on any atom is 0.244 e. The van der Waals surface area contributed by atoms with Crippen LogP contribution in [0.3, 0.4) is 0 Å². The van der Waals surface area contributed by atoms with E-state index in [0.29, 0.717) is 17.4 Å². The summed E-state index contributed by atoms with van der Waals surface area (Å²) in [7, 11) is 1.60. The second-order valence-corrected chi connectivity index (χ2v) is 7.03. The summed E-state index contributed by atoms with van der Waals surface area (Å²) in [6.07, 6.45) is 3.62. The Hall–Kier alpha value is -1.07. The second-order valence-electron chi connectivity index (χ2n) is 6.11. The van der Waals surface area contributed by atoms with Crippen LogP contribution in [0.1, 0.15) is 38.2 Å². The molecule has 0 heterocycles. The van der Waals surface area contributed by atoms with E-state index in [1.807, 2.05) is 19.1 Å². The van der Waals surface area contributed by atoms with Crippen molar-refractivity contribution in [3.63, 3.8) is 0 Å². The van der Waals surface area contributed by atoms with E-state index in [9.17, 15) is 4.79 Å². The molecular formula is C16H23BrN2O2. The van der Waals surface area contributed by atoms with E-state index >= 15 is 0 Å². The van der Waals surface area contributed by atoms with E-state index in [1.54, 1.807) is 7.11 Å². The van der Waals surface area contributed by atoms with Gasteiger partial charge in [-0.05, 0) is 43.4 Å². The molecule has 21 heavy (non-hydrogen) atoms. The summed E-state index contributed by atoms with van der Waals surface area (Å²) in [6, 6.07) is 3.79. The molecule has 0 bridgehead atoms.